The molecule has 1 fully saturated rings. The van der Waals surface area contributed by atoms with Gasteiger partial charge in [0.25, 0.3) is 5.91 Å². The smallest absolute Gasteiger partial charge is 0.261 e. The summed E-state index contributed by atoms with van der Waals surface area (Å²) >= 11 is 1.42. The average Bonchev–Trinajstić information content (AvgIpc) is 3.20. The van der Waals surface area contributed by atoms with E-state index in [1.807, 2.05) is 18.2 Å². The van der Waals surface area contributed by atoms with E-state index in [1.165, 1.54) is 23.9 Å². The van der Waals surface area contributed by atoms with Gasteiger partial charge in [-0.1, -0.05) is 18.2 Å². The van der Waals surface area contributed by atoms with Crippen LogP contribution >= 0.6 is 11.3 Å². The van der Waals surface area contributed by atoms with Gasteiger partial charge in [-0.2, -0.15) is 0 Å². The van der Waals surface area contributed by atoms with Crippen LogP contribution in [0, 0.1) is 0 Å². The van der Waals surface area contributed by atoms with Crippen molar-refractivity contribution in [2.75, 3.05) is 44.2 Å². The maximum Gasteiger partial charge on any atom is 0.261 e. The Morgan fingerprint density at radius 2 is 1.75 bits per heavy atom. The predicted molar refractivity (Wildman–Crippen MR) is 114 cm³/mol. The first-order chi connectivity index (χ1) is 13.6. The fraction of sp³-hybridized carbons (Fsp3) is 0.429. The lowest BCUT2D eigenvalue weighted by atomic mass is 10.2. The minimum absolute atomic E-state index is 0.0343. The molecule has 3 rings (SSSR count). The van der Waals surface area contributed by atoms with Gasteiger partial charge in [-0.15, -0.1) is 11.3 Å². The first kappa shape index (κ1) is 20.4. The van der Waals surface area contributed by atoms with Crippen molar-refractivity contribution in [3.8, 4) is 0 Å². The maximum absolute atomic E-state index is 12.2. The molecule has 0 aliphatic carbocycles. The summed E-state index contributed by atoms with van der Waals surface area (Å²) in [6, 6.07) is 14.3. The van der Waals surface area contributed by atoms with Crippen molar-refractivity contribution in [2.45, 2.75) is 19.9 Å². The highest BCUT2D eigenvalue weighted by Crippen LogP contribution is 2.17. The van der Waals surface area contributed by atoms with E-state index >= 15 is 0 Å². The highest BCUT2D eigenvalue weighted by atomic mass is 32.1. The van der Waals surface area contributed by atoms with Gasteiger partial charge >= 0.3 is 0 Å². The average molecular weight is 401 g/mol. The Hall–Kier alpha value is -2.38. The number of piperazine rings is 1. The van der Waals surface area contributed by atoms with Gasteiger partial charge < -0.3 is 15.5 Å². The van der Waals surface area contributed by atoms with Gasteiger partial charge in [0.2, 0.25) is 5.91 Å². The molecule has 1 aliphatic rings. The molecule has 0 bridgehead atoms. The Morgan fingerprint density at radius 1 is 1.00 bits per heavy atom. The van der Waals surface area contributed by atoms with Crippen LogP contribution in [0.25, 0.3) is 0 Å². The summed E-state index contributed by atoms with van der Waals surface area (Å²) in [4.78, 5) is 29.8. The van der Waals surface area contributed by atoms with E-state index < -0.39 is 0 Å². The van der Waals surface area contributed by atoms with Gasteiger partial charge in [0, 0.05) is 50.2 Å². The molecule has 2 N–H and O–H groups in total. The van der Waals surface area contributed by atoms with Crippen LogP contribution in [-0.2, 0) is 11.3 Å². The Balaban J connectivity index is 1.32. The number of rotatable bonds is 8. The van der Waals surface area contributed by atoms with Gasteiger partial charge in [-0.3, -0.25) is 14.5 Å². The summed E-state index contributed by atoms with van der Waals surface area (Å²) in [5.41, 5.74) is 1.29. The van der Waals surface area contributed by atoms with Crippen molar-refractivity contribution in [3.05, 3.63) is 52.2 Å². The third kappa shape index (κ3) is 6.07. The van der Waals surface area contributed by atoms with Crippen LogP contribution in [0.5, 0.6) is 0 Å². The van der Waals surface area contributed by atoms with Crippen LogP contribution in [0.3, 0.4) is 0 Å². The van der Waals surface area contributed by atoms with Crippen LogP contribution in [0.2, 0.25) is 0 Å². The number of thiophene rings is 1. The Bertz CT molecular complexity index is 770. The molecule has 28 heavy (non-hydrogen) atoms. The fourth-order valence-corrected chi connectivity index (χ4v) is 4.13. The molecule has 0 radical (unpaired) electrons. The molecule has 1 saturated heterocycles. The van der Waals surface area contributed by atoms with Crippen LogP contribution in [0.4, 0.5) is 5.69 Å². The summed E-state index contributed by atoms with van der Waals surface area (Å²) in [7, 11) is 0. The number of hydrogen-bond donors (Lipinski definition) is 2. The van der Waals surface area contributed by atoms with E-state index in [-0.39, 0.29) is 11.8 Å². The standard InChI is InChI=1S/C21H28N4O2S/c1-17(26)23-16-19-8-9-20(28-19)21(27)22-10-5-11-24-12-14-25(15-13-24)18-6-3-2-4-7-18/h2-4,6-9H,5,10-16H2,1H3,(H,22,27)(H,23,26). The molecule has 0 unspecified atom stereocenters. The predicted octanol–water partition coefficient (Wildman–Crippen LogP) is 2.33. The van der Waals surface area contributed by atoms with E-state index in [9.17, 15) is 9.59 Å². The number of benzene rings is 1. The molecule has 0 atom stereocenters. The number of carbonyl (C=O) groups is 2. The molecule has 7 heteroatoms. The van der Waals surface area contributed by atoms with Gasteiger partial charge in [-0.05, 0) is 37.2 Å². The molecular weight excluding hydrogens is 372 g/mol. The summed E-state index contributed by atoms with van der Waals surface area (Å²) in [5, 5.41) is 5.75. The molecule has 0 saturated carbocycles. The van der Waals surface area contributed by atoms with E-state index in [1.54, 1.807) is 0 Å². The zero-order valence-electron chi connectivity index (χ0n) is 16.3. The van der Waals surface area contributed by atoms with Gasteiger partial charge in [0.1, 0.15) is 0 Å². The van der Waals surface area contributed by atoms with Crippen molar-refractivity contribution in [1.29, 1.82) is 0 Å². The highest BCUT2D eigenvalue weighted by Gasteiger charge is 2.16. The van der Waals surface area contributed by atoms with E-state index in [4.69, 9.17) is 0 Å². The molecule has 2 aromatic rings. The topological polar surface area (TPSA) is 64.7 Å². The van der Waals surface area contributed by atoms with Crippen LogP contribution in [0.15, 0.2) is 42.5 Å². The molecule has 2 amide bonds. The fourth-order valence-electron chi connectivity index (χ4n) is 3.27. The highest BCUT2D eigenvalue weighted by molar-refractivity contribution is 7.14. The summed E-state index contributed by atoms with van der Waals surface area (Å²) in [6.45, 7) is 7.84. The van der Waals surface area contributed by atoms with Crippen LogP contribution < -0.4 is 15.5 Å². The second-order valence-electron chi connectivity index (χ2n) is 6.95. The largest absolute Gasteiger partial charge is 0.369 e. The molecule has 150 valence electrons. The maximum atomic E-state index is 12.2. The monoisotopic (exact) mass is 400 g/mol. The summed E-state index contributed by atoms with van der Waals surface area (Å²) in [5.74, 6) is -0.100. The summed E-state index contributed by atoms with van der Waals surface area (Å²) in [6.07, 6.45) is 0.946. The van der Waals surface area contributed by atoms with E-state index in [0.717, 1.165) is 44.0 Å². The molecule has 0 spiro atoms. The SMILES string of the molecule is CC(=O)NCc1ccc(C(=O)NCCCN2CCN(c3ccccc3)CC2)s1. The Kier molecular flexibility index (Phi) is 7.45. The van der Waals surface area contributed by atoms with Crippen molar-refractivity contribution >= 4 is 28.8 Å². The Morgan fingerprint density at radius 3 is 2.46 bits per heavy atom. The Labute approximate surface area is 170 Å². The molecule has 1 aromatic carbocycles. The first-order valence-electron chi connectivity index (χ1n) is 9.75. The first-order valence-corrected chi connectivity index (χ1v) is 10.6. The van der Waals surface area contributed by atoms with Crippen LogP contribution in [-0.4, -0.2) is 56.0 Å². The lowest BCUT2D eigenvalue weighted by Crippen LogP contribution is -2.47. The lowest BCUT2D eigenvalue weighted by Gasteiger charge is -2.36. The number of nitrogens with one attached hydrogen (secondary N) is 2. The second-order valence-corrected chi connectivity index (χ2v) is 8.12. The zero-order chi connectivity index (χ0) is 19.8. The minimum Gasteiger partial charge on any atom is -0.369 e. The third-order valence-corrected chi connectivity index (χ3v) is 5.91. The number of anilines is 1. The molecule has 1 aliphatic heterocycles. The number of hydrogen-bond acceptors (Lipinski definition) is 5. The normalized spacial score (nSPS) is 14.7. The molecule has 1 aromatic heterocycles. The minimum atomic E-state index is -0.0657. The summed E-state index contributed by atoms with van der Waals surface area (Å²) < 4.78 is 0. The number of amides is 2. The van der Waals surface area contributed by atoms with E-state index in [0.29, 0.717) is 18.0 Å². The number of para-hydroxylation sites is 1. The third-order valence-electron chi connectivity index (χ3n) is 4.83. The van der Waals surface area contributed by atoms with Crippen molar-refractivity contribution in [1.82, 2.24) is 15.5 Å². The molecule has 2 heterocycles. The van der Waals surface area contributed by atoms with Gasteiger partial charge in [0.05, 0.1) is 11.4 Å². The van der Waals surface area contributed by atoms with Crippen molar-refractivity contribution in [3.63, 3.8) is 0 Å². The van der Waals surface area contributed by atoms with E-state index in [2.05, 4.69) is 44.7 Å². The second kappa shape index (κ2) is 10.2. The zero-order valence-corrected chi connectivity index (χ0v) is 17.1. The van der Waals surface area contributed by atoms with Crippen LogP contribution in [0.1, 0.15) is 27.9 Å². The van der Waals surface area contributed by atoms with Gasteiger partial charge in [-0.25, -0.2) is 0 Å². The molecule has 6 nitrogen and oxygen atoms in total. The van der Waals surface area contributed by atoms with Crippen molar-refractivity contribution < 1.29 is 9.59 Å². The number of nitrogens with zero attached hydrogens (tertiary/aromatic N) is 2. The van der Waals surface area contributed by atoms with Crippen molar-refractivity contribution in [2.24, 2.45) is 0 Å². The lowest BCUT2D eigenvalue weighted by molar-refractivity contribution is -0.119. The van der Waals surface area contributed by atoms with Gasteiger partial charge in [0.15, 0.2) is 0 Å². The molecular formula is C21H28N4O2S. The quantitative estimate of drug-likeness (QED) is 0.668. The number of carbonyl (C=O) groups excluding carboxylic acids is 2.